The van der Waals surface area contributed by atoms with Gasteiger partial charge in [-0.2, -0.15) is 0 Å². The predicted octanol–water partition coefficient (Wildman–Crippen LogP) is 3.03. The topological polar surface area (TPSA) is 27.7 Å². The Balaban J connectivity index is 2.39. The Bertz CT molecular complexity index is 451. The van der Waals surface area contributed by atoms with Crippen LogP contribution in [0.25, 0.3) is 0 Å². The van der Waals surface area contributed by atoms with Crippen LogP contribution in [0.15, 0.2) is 10.5 Å². The Morgan fingerprint density at radius 2 is 1.89 bits per heavy atom. The standard InChI is InChI=1S/C14H19BrO3/c1-9-5-12-11(10(2)13(9)15)6-14(18-12,7-16-3)8-17-4/h5H,6-8H2,1-4H3. The SMILES string of the molecule is COCC1(COC)Cc2c(cc(C)c(Br)c2C)O1. The predicted molar refractivity (Wildman–Crippen MR) is 74.4 cm³/mol. The molecule has 1 aromatic carbocycles. The Morgan fingerprint density at radius 3 is 2.44 bits per heavy atom. The lowest BCUT2D eigenvalue weighted by Crippen LogP contribution is -2.44. The van der Waals surface area contributed by atoms with E-state index in [0.717, 1.165) is 16.6 Å². The molecule has 4 heteroatoms. The second kappa shape index (κ2) is 5.19. The van der Waals surface area contributed by atoms with Gasteiger partial charge in [0, 0.05) is 30.7 Å². The molecule has 0 N–H and O–H groups in total. The molecule has 0 unspecified atom stereocenters. The van der Waals surface area contributed by atoms with Crippen molar-refractivity contribution in [2.45, 2.75) is 25.9 Å². The second-order valence-corrected chi connectivity index (χ2v) is 5.73. The molecule has 2 rings (SSSR count). The average Bonchev–Trinajstić information content (AvgIpc) is 2.66. The zero-order chi connectivity index (χ0) is 13.3. The first-order valence-electron chi connectivity index (χ1n) is 5.98. The quantitative estimate of drug-likeness (QED) is 0.855. The summed E-state index contributed by atoms with van der Waals surface area (Å²) in [6.45, 7) is 5.26. The van der Waals surface area contributed by atoms with E-state index in [-0.39, 0.29) is 5.60 Å². The third kappa shape index (κ3) is 2.29. The molecule has 1 aromatic rings. The zero-order valence-corrected chi connectivity index (χ0v) is 12.9. The Hall–Kier alpha value is -0.580. The minimum atomic E-state index is -0.385. The summed E-state index contributed by atoms with van der Waals surface area (Å²) in [7, 11) is 3.38. The summed E-state index contributed by atoms with van der Waals surface area (Å²) in [5, 5.41) is 0. The van der Waals surface area contributed by atoms with Crippen molar-refractivity contribution < 1.29 is 14.2 Å². The van der Waals surface area contributed by atoms with Crippen LogP contribution in [0.4, 0.5) is 0 Å². The molecule has 0 spiro atoms. The highest BCUT2D eigenvalue weighted by atomic mass is 79.9. The number of benzene rings is 1. The van der Waals surface area contributed by atoms with Crippen molar-refractivity contribution in [2.75, 3.05) is 27.4 Å². The van der Waals surface area contributed by atoms with Crippen molar-refractivity contribution in [3.8, 4) is 5.75 Å². The number of aryl methyl sites for hydroxylation is 1. The summed E-state index contributed by atoms with van der Waals surface area (Å²) >= 11 is 3.63. The van der Waals surface area contributed by atoms with Gasteiger partial charge in [-0.1, -0.05) is 15.9 Å². The van der Waals surface area contributed by atoms with Crippen LogP contribution in [0.2, 0.25) is 0 Å². The fourth-order valence-electron chi connectivity index (χ4n) is 2.59. The summed E-state index contributed by atoms with van der Waals surface area (Å²) in [5.41, 5.74) is 3.31. The lowest BCUT2D eigenvalue weighted by Gasteiger charge is -2.27. The van der Waals surface area contributed by atoms with Crippen LogP contribution in [-0.4, -0.2) is 33.0 Å². The van der Waals surface area contributed by atoms with Gasteiger partial charge in [-0.05, 0) is 31.0 Å². The van der Waals surface area contributed by atoms with Crippen LogP contribution >= 0.6 is 15.9 Å². The van der Waals surface area contributed by atoms with E-state index in [1.807, 2.05) is 0 Å². The fraction of sp³-hybridized carbons (Fsp3) is 0.571. The van der Waals surface area contributed by atoms with Gasteiger partial charge in [-0.25, -0.2) is 0 Å². The summed E-state index contributed by atoms with van der Waals surface area (Å²) in [6.07, 6.45) is 0.828. The van der Waals surface area contributed by atoms with Gasteiger partial charge in [0.25, 0.3) is 0 Å². The van der Waals surface area contributed by atoms with E-state index >= 15 is 0 Å². The molecule has 0 radical (unpaired) electrons. The second-order valence-electron chi connectivity index (χ2n) is 4.94. The first-order valence-corrected chi connectivity index (χ1v) is 6.78. The normalized spacial score (nSPS) is 16.5. The number of rotatable bonds is 4. The van der Waals surface area contributed by atoms with Crippen molar-refractivity contribution in [3.63, 3.8) is 0 Å². The van der Waals surface area contributed by atoms with Gasteiger partial charge in [0.2, 0.25) is 0 Å². The number of hydrogen-bond donors (Lipinski definition) is 0. The molecule has 0 aromatic heterocycles. The number of methoxy groups -OCH3 is 2. The van der Waals surface area contributed by atoms with Crippen LogP contribution in [0.1, 0.15) is 16.7 Å². The Morgan fingerprint density at radius 1 is 1.28 bits per heavy atom. The summed E-state index contributed by atoms with van der Waals surface area (Å²) in [6, 6.07) is 2.08. The Labute approximate surface area is 117 Å². The van der Waals surface area contributed by atoms with E-state index in [2.05, 4.69) is 35.8 Å². The molecule has 100 valence electrons. The molecule has 0 saturated heterocycles. The number of hydrogen-bond acceptors (Lipinski definition) is 3. The molecule has 0 aliphatic carbocycles. The van der Waals surface area contributed by atoms with Crippen molar-refractivity contribution in [3.05, 3.63) is 27.2 Å². The van der Waals surface area contributed by atoms with Gasteiger partial charge >= 0.3 is 0 Å². The first-order chi connectivity index (χ1) is 8.53. The van der Waals surface area contributed by atoms with E-state index in [9.17, 15) is 0 Å². The molecule has 0 bridgehead atoms. The molecule has 1 aliphatic rings. The third-order valence-corrected chi connectivity index (χ3v) is 4.63. The first kappa shape index (κ1) is 13.8. The highest BCUT2D eigenvalue weighted by molar-refractivity contribution is 9.10. The molecule has 1 aliphatic heterocycles. The summed E-state index contributed by atoms with van der Waals surface area (Å²) in [5.74, 6) is 0.960. The zero-order valence-electron chi connectivity index (χ0n) is 11.3. The molecule has 3 nitrogen and oxygen atoms in total. The lowest BCUT2D eigenvalue weighted by molar-refractivity contribution is -0.0450. The van der Waals surface area contributed by atoms with Crippen molar-refractivity contribution >= 4 is 15.9 Å². The van der Waals surface area contributed by atoms with Gasteiger partial charge in [0.05, 0.1) is 13.2 Å². The maximum Gasteiger partial charge on any atom is 0.159 e. The van der Waals surface area contributed by atoms with E-state index in [1.54, 1.807) is 14.2 Å². The molecule has 0 atom stereocenters. The smallest absolute Gasteiger partial charge is 0.159 e. The monoisotopic (exact) mass is 314 g/mol. The Kier molecular flexibility index (Phi) is 3.99. The van der Waals surface area contributed by atoms with Crippen molar-refractivity contribution in [1.82, 2.24) is 0 Å². The highest BCUT2D eigenvalue weighted by Crippen LogP contribution is 2.41. The van der Waals surface area contributed by atoms with Crippen LogP contribution < -0.4 is 4.74 Å². The number of ether oxygens (including phenoxy) is 3. The molecule has 1 heterocycles. The molecule has 0 saturated carbocycles. The molecule has 0 fully saturated rings. The van der Waals surface area contributed by atoms with Crippen LogP contribution in [0.3, 0.4) is 0 Å². The maximum absolute atomic E-state index is 6.12. The molecular formula is C14H19BrO3. The van der Waals surface area contributed by atoms with Gasteiger partial charge in [0.1, 0.15) is 5.75 Å². The fourth-order valence-corrected chi connectivity index (χ4v) is 2.94. The minimum absolute atomic E-state index is 0.385. The van der Waals surface area contributed by atoms with Crippen LogP contribution in [0, 0.1) is 13.8 Å². The van der Waals surface area contributed by atoms with Gasteiger partial charge < -0.3 is 14.2 Å². The van der Waals surface area contributed by atoms with Gasteiger partial charge in [-0.15, -0.1) is 0 Å². The maximum atomic E-state index is 6.12. The molecular weight excluding hydrogens is 296 g/mol. The highest BCUT2D eigenvalue weighted by Gasteiger charge is 2.41. The minimum Gasteiger partial charge on any atom is -0.482 e. The van der Waals surface area contributed by atoms with E-state index in [0.29, 0.717) is 13.2 Å². The third-order valence-electron chi connectivity index (χ3n) is 3.41. The largest absolute Gasteiger partial charge is 0.482 e. The average molecular weight is 315 g/mol. The van der Waals surface area contributed by atoms with E-state index in [4.69, 9.17) is 14.2 Å². The van der Waals surface area contributed by atoms with Crippen molar-refractivity contribution in [2.24, 2.45) is 0 Å². The summed E-state index contributed by atoms with van der Waals surface area (Å²) in [4.78, 5) is 0. The molecule has 0 amide bonds. The summed E-state index contributed by atoms with van der Waals surface area (Å²) < 4.78 is 17.9. The van der Waals surface area contributed by atoms with Crippen molar-refractivity contribution in [1.29, 1.82) is 0 Å². The number of fused-ring (bicyclic) bond motifs is 1. The molecule has 18 heavy (non-hydrogen) atoms. The van der Waals surface area contributed by atoms with Gasteiger partial charge in [0.15, 0.2) is 5.60 Å². The van der Waals surface area contributed by atoms with Crippen LogP contribution in [-0.2, 0) is 15.9 Å². The van der Waals surface area contributed by atoms with Gasteiger partial charge in [-0.3, -0.25) is 0 Å². The lowest BCUT2D eigenvalue weighted by atomic mass is 9.95. The number of halogens is 1. The van der Waals surface area contributed by atoms with E-state index < -0.39 is 0 Å². The van der Waals surface area contributed by atoms with E-state index in [1.165, 1.54) is 16.7 Å². The van der Waals surface area contributed by atoms with Crippen LogP contribution in [0.5, 0.6) is 5.75 Å².